The van der Waals surface area contributed by atoms with Gasteiger partial charge in [-0.2, -0.15) is 26.3 Å². The molecule has 1 unspecified atom stereocenters. The van der Waals surface area contributed by atoms with E-state index < -0.39 is 52.1 Å². The van der Waals surface area contributed by atoms with Crippen molar-refractivity contribution in [3.63, 3.8) is 0 Å². The predicted octanol–water partition coefficient (Wildman–Crippen LogP) is 3.73. The molecule has 228 valence electrons. The summed E-state index contributed by atoms with van der Waals surface area (Å²) in [5, 5.41) is 1.86. The Morgan fingerprint density at radius 1 is 1.12 bits per heavy atom. The molecule has 41 heavy (non-hydrogen) atoms. The number of nitrogens with two attached hydrogens (primary N) is 2. The van der Waals surface area contributed by atoms with Crippen molar-refractivity contribution in [2.45, 2.75) is 43.8 Å². The van der Waals surface area contributed by atoms with Crippen LogP contribution < -0.4 is 11.1 Å². The van der Waals surface area contributed by atoms with E-state index in [1.165, 1.54) is 13.2 Å². The summed E-state index contributed by atoms with van der Waals surface area (Å²) < 4.78 is 103. The fraction of sp³-hybridized carbons (Fsp3) is 0.519. The second-order valence-corrected chi connectivity index (χ2v) is 11.2. The third-order valence-corrected chi connectivity index (χ3v) is 7.68. The van der Waals surface area contributed by atoms with Gasteiger partial charge in [-0.3, -0.25) is 9.69 Å². The molecule has 0 aliphatic carbocycles. The highest BCUT2D eigenvalue weighted by molar-refractivity contribution is 7.79. The summed E-state index contributed by atoms with van der Waals surface area (Å²) >= 11 is -1.40. The minimum Gasteiger partial charge on any atom is -0.372 e. The summed E-state index contributed by atoms with van der Waals surface area (Å²) in [6.07, 6.45) is -8.52. The molecule has 0 bridgehead atoms. The molecule has 4 atom stereocenters. The monoisotopic (exact) mass is 610 g/mol. The molecule has 1 fully saturated rings. The Bertz CT molecular complexity index is 1170. The maximum atomic E-state index is 13.4. The number of amides is 1. The van der Waals surface area contributed by atoms with Crippen LogP contribution in [0.3, 0.4) is 0 Å². The average molecular weight is 611 g/mol. The number of rotatable bonds is 12. The van der Waals surface area contributed by atoms with Gasteiger partial charge in [0.25, 0.3) is 0 Å². The van der Waals surface area contributed by atoms with Gasteiger partial charge in [0.1, 0.15) is 0 Å². The lowest BCUT2D eigenvalue weighted by atomic mass is 9.77. The molecule has 1 saturated heterocycles. The van der Waals surface area contributed by atoms with Gasteiger partial charge in [-0.15, -0.1) is 0 Å². The van der Waals surface area contributed by atoms with Gasteiger partial charge in [-0.05, 0) is 49.1 Å². The zero-order valence-corrected chi connectivity index (χ0v) is 23.5. The summed E-state index contributed by atoms with van der Waals surface area (Å²) in [6.45, 7) is 2.36. The smallest absolute Gasteiger partial charge is 0.372 e. The van der Waals surface area contributed by atoms with Crippen LogP contribution in [0.2, 0.25) is 0 Å². The van der Waals surface area contributed by atoms with Crippen molar-refractivity contribution in [3.8, 4) is 0 Å². The number of benzene rings is 2. The van der Waals surface area contributed by atoms with Gasteiger partial charge in [0.15, 0.2) is 17.8 Å². The van der Waals surface area contributed by atoms with Crippen LogP contribution in [0.25, 0.3) is 0 Å². The summed E-state index contributed by atoms with van der Waals surface area (Å²) in [6, 6.07) is 10.5. The quantitative estimate of drug-likeness (QED) is 0.217. The summed E-state index contributed by atoms with van der Waals surface area (Å²) in [5.74, 6) is -0.504. The van der Waals surface area contributed by atoms with Crippen molar-refractivity contribution in [1.82, 2.24) is 4.90 Å². The first-order valence-electron chi connectivity index (χ1n) is 12.9. The van der Waals surface area contributed by atoms with Gasteiger partial charge in [0.05, 0.1) is 42.5 Å². The number of hydrogen-bond donors (Lipinski definition) is 2. The van der Waals surface area contributed by atoms with Crippen molar-refractivity contribution < 1.29 is 49.6 Å². The fourth-order valence-electron chi connectivity index (χ4n) is 5.12. The van der Waals surface area contributed by atoms with E-state index >= 15 is 0 Å². The zero-order valence-electron chi connectivity index (χ0n) is 22.6. The van der Waals surface area contributed by atoms with E-state index in [4.69, 9.17) is 14.7 Å². The van der Waals surface area contributed by atoms with Gasteiger partial charge in [-0.25, -0.2) is 8.39 Å². The minimum atomic E-state index is -4.98. The number of nitrogens with zero attached hydrogens (tertiary/aromatic N) is 1. The highest BCUT2D eigenvalue weighted by atomic mass is 32.2. The van der Waals surface area contributed by atoms with E-state index in [0.29, 0.717) is 38.1 Å². The van der Waals surface area contributed by atoms with Gasteiger partial charge in [0.2, 0.25) is 5.91 Å². The van der Waals surface area contributed by atoms with Crippen LogP contribution in [-0.4, -0.2) is 54.2 Å². The number of carbonyl (C=O) groups excluding carboxylic acids is 1. The van der Waals surface area contributed by atoms with Gasteiger partial charge in [-0.1, -0.05) is 30.3 Å². The molecule has 1 aliphatic heterocycles. The number of primary amides is 1. The Labute approximate surface area is 237 Å². The van der Waals surface area contributed by atoms with E-state index in [0.717, 1.165) is 5.56 Å². The van der Waals surface area contributed by atoms with Gasteiger partial charge < -0.3 is 15.8 Å². The van der Waals surface area contributed by atoms with Crippen LogP contribution in [0.5, 0.6) is 0 Å². The normalized spacial score (nSPS) is 21.9. The van der Waals surface area contributed by atoms with Crippen LogP contribution in [-0.2, 0) is 42.7 Å². The summed E-state index contributed by atoms with van der Waals surface area (Å²) in [5.41, 5.74) is 2.34. The number of ether oxygens (including phenoxy) is 1. The lowest BCUT2D eigenvalue weighted by Crippen LogP contribution is -2.86. The highest BCUT2D eigenvalue weighted by Crippen LogP contribution is 2.42. The lowest BCUT2D eigenvalue weighted by Gasteiger charge is -2.49. The van der Waals surface area contributed by atoms with Gasteiger partial charge >= 0.3 is 12.4 Å². The Balaban J connectivity index is 1.90. The first kappa shape index (κ1) is 33.0. The molecule has 1 aliphatic rings. The zero-order chi connectivity index (χ0) is 30.4. The molecule has 0 aromatic heterocycles. The molecular weight excluding hydrogens is 576 g/mol. The molecule has 2 aromatic carbocycles. The molecule has 1 amide bonds. The van der Waals surface area contributed by atoms with Crippen molar-refractivity contribution >= 4 is 17.0 Å². The number of quaternary nitrogens is 1. The number of hydrogen-bond acceptors (Lipinski definition) is 5. The Morgan fingerprint density at radius 3 is 2.27 bits per heavy atom. The van der Waals surface area contributed by atoms with E-state index in [-0.39, 0.29) is 37.4 Å². The molecule has 4 N–H and O–H groups in total. The number of likely N-dealkylation sites (tertiary alicyclic amines) is 1. The molecule has 3 rings (SSSR count). The second kappa shape index (κ2) is 13.6. The number of piperidine rings is 1. The van der Waals surface area contributed by atoms with Crippen molar-refractivity contribution in [1.29, 1.82) is 0 Å². The molecule has 0 radical (unpaired) electrons. The third-order valence-electron chi connectivity index (χ3n) is 7.21. The largest absolute Gasteiger partial charge is 0.416 e. The van der Waals surface area contributed by atoms with E-state index in [2.05, 4.69) is 0 Å². The first-order chi connectivity index (χ1) is 19.1. The van der Waals surface area contributed by atoms with Crippen molar-refractivity contribution in [2.24, 2.45) is 11.7 Å². The summed E-state index contributed by atoms with van der Waals surface area (Å²) in [4.78, 5) is 14.0. The highest BCUT2D eigenvalue weighted by Gasteiger charge is 2.45. The van der Waals surface area contributed by atoms with Crippen LogP contribution in [0, 0.1) is 5.92 Å². The summed E-state index contributed by atoms with van der Waals surface area (Å²) in [7, 11) is 0. The number of alkyl halides is 6. The molecular formula is C27H34F6N3O4S+. The van der Waals surface area contributed by atoms with E-state index in [9.17, 15) is 35.3 Å². The predicted molar refractivity (Wildman–Crippen MR) is 139 cm³/mol. The number of carbonyl (C=O) groups is 1. The fourth-order valence-corrected chi connectivity index (χ4v) is 5.41. The maximum absolute atomic E-state index is 13.4. The topological polar surface area (TPSA) is 98.5 Å². The molecule has 2 aromatic rings. The Kier molecular flexibility index (Phi) is 11.0. The first-order valence-corrected chi connectivity index (χ1v) is 14.4. The standard InChI is InChI=1S/C27H33F6N3O4S/c1-18(20-10-22(26(28,29)30)12-23(11-20)27(31,32)33)39-16-25(21-6-4-3-5-7-21)9-8-19(13-35-17-40-41(2)38)14-36(25)15-24(34)37/h3-7,10-12,18-19,35H,8-9,13-17H2,1-2H3,(H2,34,37)/p+1/t18-,19-,25-,41?/m1/s1. The molecule has 14 heteroatoms. The second-order valence-electron chi connectivity index (χ2n) is 10.2. The molecule has 1 heterocycles. The molecule has 7 nitrogen and oxygen atoms in total. The number of halogens is 6. The lowest BCUT2D eigenvalue weighted by molar-refractivity contribution is -0.684. The van der Waals surface area contributed by atoms with Crippen molar-refractivity contribution in [3.05, 3.63) is 70.8 Å². The average Bonchev–Trinajstić information content (AvgIpc) is 2.89. The van der Waals surface area contributed by atoms with Crippen LogP contribution in [0.1, 0.15) is 48.1 Å². The molecule has 0 spiro atoms. The van der Waals surface area contributed by atoms with E-state index in [1.54, 1.807) is 18.2 Å². The third kappa shape index (κ3) is 8.98. The van der Waals surface area contributed by atoms with Crippen molar-refractivity contribution in [2.75, 3.05) is 39.2 Å². The van der Waals surface area contributed by atoms with Gasteiger partial charge in [0, 0.05) is 18.7 Å². The molecule has 0 saturated carbocycles. The van der Waals surface area contributed by atoms with Crippen LogP contribution in [0.15, 0.2) is 48.5 Å². The Hall–Kier alpha value is -2.52. The minimum absolute atomic E-state index is 0.0811. The van der Waals surface area contributed by atoms with Crippen LogP contribution in [0.4, 0.5) is 26.3 Å². The Morgan fingerprint density at radius 2 is 1.73 bits per heavy atom. The van der Waals surface area contributed by atoms with Crippen LogP contribution >= 0.6 is 0 Å². The maximum Gasteiger partial charge on any atom is 0.416 e. The van der Waals surface area contributed by atoms with E-state index in [1.807, 2.05) is 22.3 Å². The SMILES string of the molecule is C[C@@H](OC[C@@]1(c2ccccc2)CC[C@H](C[NH2+]COS(C)=O)CN1CC(N)=O)c1cc(C(F)(F)F)cc(C(F)(F)F)c1.